The quantitative estimate of drug-likeness (QED) is 0.478. The topological polar surface area (TPSA) is 99.4 Å². The third kappa shape index (κ3) is 2.62. The summed E-state index contributed by atoms with van der Waals surface area (Å²) in [6, 6.07) is 0. The first-order chi connectivity index (χ1) is 8.17. The first-order valence-corrected chi connectivity index (χ1v) is 6.06. The van der Waals surface area contributed by atoms with Crippen LogP contribution in [0.1, 0.15) is 19.3 Å². The minimum absolute atomic E-state index is 0.0397. The average Bonchev–Trinajstić information content (AvgIpc) is 2.89. The second-order valence-corrected chi connectivity index (χ2v) is 4.69. The van der Waals surface area contributed by atoms with E-state index in [2.05, 4.69) is 0 Å². The third-order valence-electron chi connectivity index (χ3n) is 3.52. The van der Waals surface area contributed by atoms with Crippen molar-refractivity contribution in [3.63, 3.8) is 0 Å². The van der Waals surface area contributed by atoms with Crippen molar-refractivity contribution in [2.75, 3.05) is 13.2 Å². The summed E-state index contributed by atoms with van der Waals surface area (Å²) in [5, 5.41) is 37.4. The van der Waals surface area contributed by atoms with Crippen LogP contribution in [0.3, 0.4) is 0 Å². The van der Waals surface area contributed by atoms with Crippen molar-refractivity contribution in [2.45, 2.75) is 55.9 Å². The van der Waals surface area contributed by atoms with Gasteiger partial charge in [-0.2, -0.15) is 0 Å². The van der Waals surface area contributed by atoms with Crippen LogP contribution in [0.25, 0.3) is 0 Å². The Labute approximate surface area is 99.8 Å². The Hall–Kier alpha value is -0.240. The molecule has 6 nitrogen and oxygen atoms in total. The van der Waals surface area contributed by atoms with Crippen LogP contribution < -0.4 is 0 Å². The van der Waals surface area contributed by atoms with Gasteiger partial charge in [0.25, 0.3) is 0 Å². The van der Waals surface area contributed by atoms with E-state index in [1.165, 1.54) is 0 Å². The largest absolute Gasteiger partial charge is 0.396 e. The van der Waals surface area contributed by atoms with Crippen molar-refractivity contribution in [3.05, 3.63) is 0 Å². The van der Waals surface area contributed by atoms with Gasteiger partial charge in [-0.3, -0.25) is 0 Å². The number of aliphatic hydroxyl groups is 4. The van der Waals surface area contributed by atoms with E-state index in [9.17, 15) is 10.2 Å². The van der Waals surface area contributed by atoms with Gasteiger partial charge in [0, 0.05) is 6.61 Å². The van der Waals surface area contributed by atoms with E-state index in [1.54, 1.807) is 0 Å². The second kappa shape index (κ2) is 5.60. The molecule has 0 unspecified atom stereocenters. The van der Waals surface area contributed by atoms with Gasteiger partial charge in [0.15, 0.2) is 0 Å². The van der Waals surface area contributed by atoms with Gasteiger partial charge >= 0.3 is 0 Å². The number of hydrogen-bond acceptors (Lipinski definition) is 6. The lowest BCUT2D eigenvalue weighted by Gasteiger charge is -2.21. The molecule has 2 saturated heterocycles. The summed E-state index contributed by atoms with van der Waals surface area (Å²) in [6.07, 6.45) is -1.86. The highest BCUT2D eigenvalue weighted by atomic mass is 16.6. The smallest absolute Gasteiger partial charge is 0.113 e. The first kappa shape index (κ1) is 13.2. The Morgan fingerprint density at radius 2 is 1.76 bits per heavy atom. The van der Waals surface area contributed by atoms with Crippen LogP contribution >= 0.6 is 0 Å². The minimum atomic E-state index is -0.992. The predicted octanol–water partition coefficient (Wildman–Crippen LogP) is -1.60. The molecule has 100 valence electrons. The fraction of sp³-hybridized carbons (Fsp3) is 1.00. The molecule has 0 aromatic heterocycles. The Balaban J connectivity index is 1.93. The van der Waals surface area contributed by atoms with Crippen molar-refractivity contribution >= 4 is 0 Å². The number of hydrogen-bond donors (Lipinski definition) is 4. The monoisotopic (exact) mass is 248 g/mol. The van der Waals surface area contributed by atoms with Crippen LogP contribution in [0.15, 0.2) is 0 Å². The summed E-state index contributed by atoms with van der Waals surface area (Å²) in [4.78, 5) is 0. The Morgan fingerprint density at radius 1 is 1.00 bits per heavy atom. The lowest BCUT2D eigenvalue weighted by atomic mass is 10.0. The van der Waals surface area contributed by atoms with Crippen molar-refractivity contribution in [3.8, 4) is 0 Å². The molecule has 6 heteroatoms. The molecule has 0 aromatic rings. The molecule has 4 N–H and O–H groups in total. The zero-order valence-electron chi connectivity index (χ0n) is 9.60. The highest BCUT2D eigenvalue weighted by molar-refractivity contribution is 4.96. The van der Waals surface area contributed by atoms with Gasteiger partial charge in [-0.1, -0.05) is 0 Å². The van der Waals surface area contributed by atoms with E-state index in [1.807, 2.05) is 0 Å². The van der Waals surface area contributed by atoms with E-state index in [0.717, 1.165) is 6.42 Å². The van der Waals surface area contributed by atoms with Crippen molar-refractivity contribution < 1.29 is 29.9 Å². The molecule has 0 spiro atoms. The van der Waals surface area contributed by atoms with Crippen LogP contribution in [0, 0.1) is 0 Å². The zero-order chi connectivity index (χ0) is 12.4. The molecule has 0 amide bonds. The lowest BCUT2D eigenvalue weighted by molar-refractivity contribution is -0.0981. The second-order valence-electron chi connectivity index (χ2n) is 4.69. The highest BCUT2D eigenvalue weighted by Gasteiger charge is 2.47. The molecule has 0 aliphatic carbocycles. The molecule has 6 atom stereocenters. The van der Waals surface area contributed by atoms with Gasteiger partial charge in [-0.05, 0) is 19.3 Å². The van der Waals surface area contributed by atoms with E-state index >= 15 is 0 Å². The van der Waals surface area contributed by atoms with Gasteiger partial charge in [-0.15, -0.1) is 0 Å². The summed E-state index contributed by atoms with van der Waals surface area (Å²) >= 11 is 0. The summed E-state index contributed by atoms with van der Waals surface area (Å²) in [6.45, 7) is -0.131. The summed E-state index contributed by atoms with van der Waals surface area (Å²) < 4.78 is 11.1. The maximum Gasteiger partial charge on any atom is 0.113 e. The average molecular weight is 248 g/mol. The van der Waals surface area contributed by atoms with Crippen LogP contribution in [0.5, 0.6) is 0 Å². The zero-order valence-corrected chi connectivity index (χ0v) is 9.60. The maximum absolute atomic E-state index is 9.87. The van der Waals surface area contributed by atoms with Gasteiger partial charge in [-0.25, -0.2) is 0 Å². The van der Waals surface area contributed by atoms with Gasteiger partial charge in [0.05, 0.1) is 24.9 Å². The fourth-order valence-electron chi connectivity index (χ4n) is 2.56. The Kier molecular flexibility index (Phi) is 4.35. The van der Waals surface area contributed by atoms with Crippen molar-refractivity contribution in [1.29, 1.82) is 0 Å². The molecule has 2 fully saturated rings. The number of ether oxygens (including phenoxy) is 2. The van der Waals surface area contributed by atoms with E-state index in [-0.39, 0.29) is 25.4 Å². The molecule has 0 bridgehead atoms. The molecule has 0 aromatic carbocycles. The maximum atomic E-state index is 9.87. The van der Waals surface area contributed by atoms with E-state index in [0.29, 0.717) is 12.8 Å². The Morgan fingerprint density at radius 3 is 2.35 bits per heavy atom. The first-order valence-electron chi connectivity index (χ1n) is 6.06. The van der Waals surface area contributed by atoms with Crippen molar-refractivity contribution in [1.82, 2.24) is 0 Å². The van der Waals surface area contributed by atoms with Crippen LogP contribution in [0.4, 0.5) is 0 Å². The lowest BCUT2D eigenvalue weighted by Crippen LogP contribution is -2.39. The summed E-state index contributed by atoms with van der Waals surface area (Å²) in [5.41, 5.74) is 0. The van der Waals surface area contributed by atoms with Gasteiger partial charge in [0.2, 0.25) is 0 Å². The standard InChI is InChI=1S/C11H20O6/c12-4-3-7-9(14)10(15)11(17-7)8-2-1-6(5-13)16-8/h6-15H,1-5H2/t6-,7-,8+,9+,10-,11-/m1/s1. The SMILES string of the molecule is OCC[C@H]1O[C@H]([C@@H]2CC[C@H](CO)O2)[C@H](O)[C@H]1O. The predicted molar refractivity (Wildman–Crippen MR) is 57.4 cm³/mol. The molecule has 2 aliphatic rings. The summed E-state index contributed by atoms with van der Waals surface area (Å²) in [5.74, 6) is 0. The van der Waals surface area contributed by atoms with E-state index in [4.69, 9.17) is 19.7 Å². The third-order valence-corrected chi connectivity index (χ3v) is 3.52. The molecule has 0 radical (unpaired) electrons. The highest BCUT2D eigenvalue weighted by Crippen LogP contribution is 2.32. The van der Waals surface area contributed by atoms with E-state index < -0.39 is 24.4 Å². The molecular formula is C11H20O6. The molecule has 17 heavy (non-hydrogen) atoms. The normalized spacial score (nSPS) is 46.6. The van der Waals surface area contributed by atoms with Crippen LogP contribution in [-0.2, 0) is 9.47 Å². The molecule has 2 aliphatic heterocycles. The minimum Gasteiger partial charge on any atom is -0.396 e. The fourth-order valence-corrected chi connectivity index (χ4v) is 2.56. The van der Waals surface area contributed by atoms with Crippen molar-refractivity contribution in [2.24, 2.45) is 0 Å². The number of rotatable bonds is 4. The summed E-state index contributed by atoms with van der Waals surface area (Å²) in [7, 11) is 0. The van der Waals surface area contributed by atoms with Crippen LogP contribution in [0.2, 0.25) is 0 Å². The van der Waals surface area contributed by atoms with Gasteiger partial charge < -0.3 is 29.9 Å². The molecule has 2 heterocycles. The number of aliphatic hydroxyl groups excluding tert-OH is 4. The van der Waals surface area contributed by atoms with Crippen LogP contribution in [-0.4, -0.2) is 70.3 Å². The Bertz CT molecular complexity index is 248. The molecule has 2 rings (SSSR count). The molecular weight excluding hydrogens is 228 g/mol. The molecule has 0 saturated carbocycles. The van der Waals surface area contributed by atoms with Gasteiger partial charge in [0.1, 0.15) is 18.3 Å².